The zero-order valence-electron chi connectivity index (χ0n) is 11.2. The molecule has 0 radical (unpaired) electrons. The number of carbonyl (C=O) groups is 3. The fourth-order valence-corrected chi connectivity index (χ4v) is 1.67. The monoisotopic (exact) mass is 338 g/mol. The van der Waals surface area contributed by atoms with E-state index >= 15 is 0 Å². The Morgan fingerprint density at radius 2 is 1.82 bits per heavy atom. The standard InChI is InChI=1S/C13H10ClF3O5/c1-2-21-12(20)11(19)6-10(18)7-3-8(14)5-9(4-7)22-13(15,16)17/h3-5H,2,6H2,1H3. The summed E-state index contributed by atoms with van der Waals surface area (Å²) in [6, 6.07) is 2.70. The average molecular weight is 339 g/mol. The minimum Gasteiger partial charge on any atom is -0.460 e. The van der Waals surface area contributed by atoms with Crippen LogP contribution in [0, 0.1) is 0 Å². The third-order valence-electron chi connectivity index (χ3n) is 2.25. The number of benzene rings is 1. The molecule has 0 fully saturated rings. The summed E-state index contributed by atoms with van der Waals surface area (Å²) in [5.41, 5.74) is -0.288. The van der Waals surface area contributed by atoms with E-state index in [2.05, 4.69) is 9.47 Å². The van der Waals surface area contributed by atoms with Gasteiger partial charge < -0.3 is 9.47 Å². The molecule has 22 heavy (non-hydrogen) atoms. The van der Waals surface area contributed by atoms with Crippen LogP contribution >= 0.6 is 11.6 Å². The second-order valence-corrected chi connectivity index (χ2v) is 4.40. The van der Waals surface area contributed by atoms with Crippen molar-refractivity contribution in [3.05, 3.63) is 28.8 Å². The number of alkyl halides is 3. The summed E-state index contributed by atoms with van der Waals surface area (Å²) in [5, 5.41) is -0.186. The van der Waals surface area contributed by atoms with Crippen LogP contribution in [0.2, 0.25) is 5.02 Å². The molecule has 0 atom stereocenters. The Bertz CT molecular complexity index is 598. The average Bonchev–Trinajstić information content (AvgIpc) is 2.35. The number of ketones is 2. The normalized spacial score (nSPS) is 11.0. The van der Waals surface area contributed by atoms with Gasteiger partial charge in [0.2, 0.25) is 5.78 Å². The highest BCUT2D eigenvalue weighted by Crippen LogP contribution is 2.27. The molecule has 0 N–H and O–H groups in total. The van der Waals surface area contributed by atoms with Crippen LogP contribution in [0.4, 0.5) is 13.2 Å². The molecule has 0 unspecified atom stereocenters. The van der Waals surface area contributed by atoms with Crippen molar-refractivity contribution >= 4 is 29.1 Å². The SMILES string of the molecule is CCOC(=O)C(=O)CC(=O)c1cc(Cl)cc(OC(F)(F)F)c1. The maximum Gasteiger partial charge on any atom is 0.573 e. The molecule has 0 bridgehead atoms. The van der Waals surface area contributed by atoms with Gasteiger partial charge in [-0.3, -0.25) is 9.59 Å². The van der Waals surface area contributed by atoms with E-state index in [9.17, 15) is 27.6 Å². The number of ether oxygens (including phenoxy) is 2. The lowest BCUT2D eigenvalue weighted by molar-refractivity contribution is -0.274. The lowest BCUT2D eigenvalue weighted by atomic mass is 10.1. The van der Waals surface area contributed by atoms with Gasteiger partial charge in [0.05, 0.1) is 13.0 Å². The second-order valence-electron chi connectivity index (χ2n) is 3.97. The summed E-state index contributed by atoms with van der Waals surface area (Å²) >= 11 is 5.60. The third-order valence-corrected chi connectivity index (χ3v) is 2.47. The first kappa shape index (κ1) is 18.0. The Kier molecular flexibility index (Phi) is 5.92. The lowest BCUT2D eigenvalue weighted by Gasteiger charge is -2.10. The number of esters is 1. The molecule has 0 aliphatic carbocycles. The third kappa shape index (κ3) is 5.72. The Balaban J connectivity index is 2.90. The van der Waals surface area contributed by atoms with Gasteiger partial charge >= 0.3 is 12.3 Å². The zero-order valence-corrected chi connectivity index (χ0v) is 12.0. The minimum atomic E-state index is -4.95. The van der Waals surface area contributed by atoms with Gasteiger partial charge in [-0.25, -0.2) is 4.79 Å². The van der Waals surface area contributed by atoms with Crippen molar-refractivity contribution in [3.63, 3.8) is 0 Å². The largest absolute Gasteiger partial charge is 0.573 e. The summed E-state index contributed by atoms with van der Waals surface area (Å²) in [4.78, 5) is 34.3. The molecule has 9 heteroatoms. The number of halogens is 4. The van der Waals surface area contributed by atoms with Gasteiger partial charge in [-0.05, 0) is 25.1 Å². The van der Waals surface area contributed by atoms with Gasteiger partial charge in [-0.15, -0.1) is 13.2 Å². The zero-order chi connectivity index (χ0) is 16.9. The van der Waals surface area contributed by atoms with Crippen molar-refractivity contribution in [1.29, 1.82) is 0 Å². The van der Waals surface area contributed by atoms with Crippen molar-refractivity contribution in [2.45, 2.75) is 19.7 Å². The van der Waals surface area contributed by atoms with E-state index in [1.807, 2.05) is 0 Å². The maximum absolute atomic E-state index is 12.1. The maximum atomic E-state index is 12.1. The molecule has 0 amide bonds. The number of Topliss-reactive ketones (excluding diaryl/α,β-unsaturated/α-hetero) is 2. The molecule has 0 aromatic heterocycles. The highest BCUT2D eigenvalue weighted by atomic mass is 35.5. The molecule has 0 spiro atoms. The van der Waals surface area contributed by atoms with Crippen LogP contribution in [0.5, 0.6) is 5.75 Å². The fraction of sp³-hybridized carbons (Fsp3) is 0.308. The predicted octanol–water partition coefficient (Wildman–Crippen LogP) is 2.94. The minimum absolute atomic E-state index is 0.0422. The van der Waals surface area contributed by atoms with Gasteiger partial charge in [0, 0.05) is 10.6 Å². The van der Waals surface area contributed by atoms with E-state index in [1.165, 1.54) is 6.92 Å². The van der Waals surface area contributed by atoms with Crippen LogP contribution in [0.15, 0.2) is 18.2 Å². The molecule has 1 aromatic carbocycles. The van der Waals surface area contributed by atoms with Crippen molar-refractivity contribution in [2.75, 3.05) is 6.61 Å². The molecular weight excluding hydrogens is 329 g/mol. The Labute approximate surface area is 127 Å². The second kappa shape index (κ2) is 7.26. The van der Waals surface area contributed by atoms with E-state index in [-0.39, 0.29) is 17.2 Å². The highest BCUT2D eigenvalue weighted by Gasteiger charge is 2.31. The molecular formula is C13H10ClF3O5. The lowest BCUT2D eigenvalue weighted by Crippen LogP contribution is -2.21. The Morgan fingerprint density at radius 1 is 1.18 bits per heavy atom. The Hall–Kier alpha value is -2.09. The number of carbonyl (C=O) groups excluding carboxylic acids is 3. The van der Waals surface area contributed by atoms with Crippen molar-refractivity contribution in [1.82, 2.24) is 0 Å². The van der Waals surface area contributed by atoms with Gasteiger partial charge in [0.15, 0.2) is 5.78 Å². The molecule has 0 saturated carbocycles. The van der Waals surface area contributed by atoms with Crippen LogP contribution < -0.4 is 4.74 Å². The first-order valence-corrected chi connectivity index (χ1v) is 6.29. The smallest absolute Gasteiger partial charge is 0.460 e. The molecule has 5 nitrogen and oxygen atoms in total. The summed E-state index contributed by atoms with van der Waals surface area (Å²) in [7, 11) is 0. The van der Waals surface area contributed by atoms with Crippen LogP contribution in [0.3, 0.4) is 0 Å². The number of hydrogen-bond acceptors (Lipinski definition) is 5. The van der Waals surface area contributed by atoms with E-state index in [1.54, 1.807) is 0 Å². The number of rotatable bonds is 6. The Morgan fingerprint density at radius 3 is 2.36 bits per heavy atom. The van der Waals surface area contributed by atoms with Gasteiger partial charge in [-0.1, -0.05) is 11.6 Å². The van der Waals surface area contributed by atoms with Crippen LogP contribution in [0.25, 0.3) is 0 Å². The van der Waals surface area contributed by atoms with Crippen LogP contribution in [-0.4, -0.2) is 30.5 Å². The van der Waals surface area contributed by atoms with Gasteiger partial charge in [0.25, 0.3) is 0 Å². The van der Waals surface area contributed by atoms with E-state index in [0.717, 1.165) is 18.2 Å². The van der Waals surface area contributed by atoms with Crippen LogP contribution in [-0.2, 0) is 14.3 Å². The quantitative estimate of drug-likeness (QED) is 0.345. The van der Waals surface area contributed by atoms with Crippen molar-refractivity contribution in [2.24, 2.45) is 0 Å². The fourth-order valence-electron chi connectivity index (χ4n) is 1.45. The van der Waals surface area contributed by atoms with Gasteiger partial charge in [0.1, 0.15) is 5.75 Å². The van der Waals surface area contributed by atoms with Gasteiger partial charge in [-0.2, -0.15) is 0 Å². The van der Waals surface area contributed by atoms with Crippen molar-refractivity contribution < 1.29 is 37.0 Å². The van der Waals surface area contributed by atoms with Crippen molar-refractivity contribution in [3.8, 4) is 5.75 Å². The molecule has 0 aliphatic rings. The topological polar surface area (TPSA) is 69.7 Å². The summed E-state index contributed by atoms with van der Waals surface area (Å²) in [5.74, 6) is -3.88. The number of hydrogen-bond donors (Lipinski definition) is 0. The first-order valence-electron chi connectivity index (χ1n) is 5.92. The highest BCUT2D eigenvalue weighted by molar-refractivity contribution is 6.38. The first-order chi connectivity index (χ1) is 10.1. The molecule has 1 aromatic rings. The van der Waals surface area contributed by atoms with E-state index in [4.69, 9.17) is 11.6 Å². The predicted molar refractivity (Wildman–Crippen MR) is 68.7 cm³/mol. The van der Waals surface area contributed by atoms with Crippen LogP contribution in [0.1, 0.15) is 23.7 Å². The molecule has 0 aliphatic heterocycles. The molecule has 120 valence electrons. The molecule has 0 heterocycles. The molecule has 0 saturated heterocycles. The van der Waals surface area contributed by atoms with E-state index < -0.39 is 36.1 Å². The summed E-state index contributed by atoms with van der Waals surface area (Å²) < 4.78 is 44.5. The van der Waals surface area contributed by atoms with E-state index in [0.29, 0.717) is 0 Å². The summed E-state index contributed by atoms with van der Waals surface area (Å²) in [6.07, 6.45) is -5.80. The summed E-state index contributed by atoms with van der Waals surface area (Å²) in [6.45, 7) is 1.43. The molecule has 1 rings (SSSR count).